The van der Waals surface area contributed by atoms with Crippen molar-refractivity contribution in [1.29, 1.82) is 0 Å². The molecule has 12 heteroatoms. The number of rotatable bonds is 14. The summed E-state index contributed by atoms with van der Waals surface area (Å²) in [4.78, 5) is 55.5. The molecule has 1 atom stereocenters. The molecule has 0 aliphatic heterocycles. The van der Waals surface area contributed by atoms with Crippen LogP contribution in [0.15, 0.2) is 83.4 Å². The number of nitrogens with one attached hydrogen (secondary N) is 3. The Morgan fingerprint density at radius 3 is 2.37 bits per heavy atom. The first-order valence-electron chi connectivity index (χ1n) is 17.2. The lowest BCUT2D eigenvalue weighted by molar-refractivity contribution is -0.116. The summed E-state index contributed by atoms with van der Waals surface area (Å²) in [5, 5.41) is 8.77. The van der Waals surface area contributed by atoms with Crippen LogP contribution in [0, 0.1) is 0 Å². The number of carbonyl (C=O) groups is 4. The number of carbonyl (C=O) groups excluding carboxylic acids is 4. The molecule has 0 fully saturated rings. The summed E-state index contributed by atoms with van der Waals surface area (Å²) < 4.78 is 16.2. The Kier molecular flexibility index (Phi) is 13.5. The van der Waals surface area contributed by atoms with Gasteiger partial charge in [0.05, 0.1) is 31.6 Å². The van der Waals surface area contributed by atoms with Crippen LogP contribution >= 0.6 is 23.1 Å². The fourth-order valence-electron chi connectivity index (χ4n) is 5.83. The first-order chi connectivity index (χ1) is 25.2. The molecule has 52 heavy (non-hydrogen) atoms. The summed E-state index contributed by atoms with van der Waals surface area (Å²) in [5.74, 6) is -0.618. The van der Waals surface area contributed by atoms with Crippen LogP contribution in [0.1, 0.15) is 76.3 Å². The Morgan fingerprint density at radius 2 is 1.63 bits per heavy atom. The molecule has 1 aliphatic rings. The van der Waals surface area contributed by atoms with E-state index < -0.39 is 23.0 Å². The number of hydrogen-bond acceptors (Lipinski definition) is 9. The van der Waals surface area contributed by atoms with Crippen LogP contribution in [-0.4, -0.2) is 49.8 Å². The highest BCUT2D eigenvalue weighted by molar-refractivity contribution is 8.00. The van der Waals surface area contributed by atoms with Gasteiger partial charge in [0, 0.05) is 21.0 Å². The molecule has 5 rings (SSSR count). The number of methoxy groups -OCH3 is 2. The van der Waals surface area contributed by atoms with Gasteiger partial charge < -0.3 is 30.2 Å². The van der Waals surface area contributed by atoms with Gasteiger partial charge in [-0.2, -0.15) is 0 Å². The van der Waals surface area contributed by atoms with Crippen molar-refractivity contribution in [2.75, 3.05) is 31.5 Å². The highest BCUT2D eigenvalue weighted by Gasteiger charge is 2.28. The van der Waals surface area contributed by atoms with E-state index in [1.54, 1.807) is 79.7 Å². The van der Waals surface area contributed by atoms with Crippen molar-refractivity contribution in [2.24, 2.45) is 0 Å². The maximum Gasteiger partial charge on any atom is 0.341 e. The number of anilines is 2. The predicted molar refractivity (Wildman–Crippen MR) is 207 cm³/mol. The molecule has 3 aromatic carbocycles. The van der Waals surface area contributed by atoms with Crippen LogP contribution in [0.5, 0.6) is 11.5 Å². The summed E-state index contributed by atoms with van der Waals surface area (Å²) in [6.45, 7) is 3.96. The minimum Gasteiger partial charge on any atom is -0.493 e. The van der Waals surface area contributed by atoms with E-state index in [-0.39, 0.29) is 18.2 Å². The molecule has 4 aromatic rings. The molecule has 1 aliphatic carbocycles. The van der Waals surface area contributed by atoms with Gasteiger partial charge in [0.1, 0.15) is 10.7 Å². The molecule has 3 amide bonds. The largest absolute Gasteiger partial charge is 0.493 e. The van der Waals surface area contributed by atoms with Crippen LogP contribution in [0.25, 0.3) is 6.08 Å². The predicted octanol–water partition coefficient (Wildman–Crippen LogP) is 8.13. The van der Waals surface area contributed by atoms with Gasteiger partial charge in [-0.15, -0.1) is 23.1 Å². The summed E-state index contributed by atoms with van der Waals surface area (Å²) in [6, 6.07) is 21.0. The van der Waals surface area contributed by atoms with Crippen molar-refractivity contribution >= 4 is 63.6 Å². The average molecular weight is 742 g/mol. The van der Waals surface area contributed by atoms with Gasteiger partial charge in [-0.3, -0.25) is 14.4 Å². The van der Waals surface area contributed by atoms with E-state index in [1.807, 2.05) is 13.0 Å². The average Bonchev–Trinajstić information content (AvgIpc) is 3.33. The van der Waals surface area contributed by atoms with Gasteiger partial charge in [-0.1, -0.05) is 43.7 Å². The lowest BCUT2D eigenvalue weighted by Crippen LogP contribution is -2.30. The molecule has 0 saturated carbocycles. The second-order valence-electron chi connectivity index (χ2n) is 12.0. The van der Waals surface area contributed by atoms with E-state index >= 15 is 0 Å². The Hall–Kier alpha value is -5.07. The zero-order valence-electron chi connectivity index (χ0n) is 29.7. The molecule has 1 aromatic heterocycles. The fourth-order valence-corrected chi connectivity index (χ4v) is 8.12. The van der Waals surface area contributed by atoms with E-state index in [2.05, 4.69) is 16.0 Å². The quantitative estimate of drug-likeness (QED) is 0.0511. The third-order valence-electron chi connectivity index (χ3n) is 8.42. The Bertz CT molecular complexity index is 1940. The van der Waals surface area contributed by atoms with Crippen molar-refractivity contribution < 1.29 is 33.4 Å². The summed E-state index contributed by atoms with van der Waals surface area (Å²) in [6.07, 6.45) is 6.92. The van der Waals surface area contributed by atoms with Gasteiger partial charge in [0.25, 0.3) is 11.8 Å². The fraction of sp³-hybridized carbons (Fsp3) is 0.300. The number of fused-ring (bicyclic) bond motifs is 1. The van der Waals surface area contributed by atoms with Gasteiger partial charge in [-0.05, 0) is 98.7 Å². The molecule has 1 heterocycles. The maximum atomic E-state index is 13.7. The van der Waals surface area contributed by atoms with E-state index in [4.69, 9.17) is 14.2 Å². The summed E-state index contributed by atoms with van der Waals surface area (Å²) >= 11 is 2.83. The van der Waals surface area contributed by atoms with Crippen molar-refractivity contribution in [3.05, 3.63) is 106 Å². The van der Waals surface area contributed by atoms with Crippen LogP contribution in [0.2, 0.25) is 0 Å². The number of thioether (sulfide) groups is 1. The maximum absolute atomic E-state index is 13.7. The monoisotopic (exact) mass is 741 g/mol. The SMILES string of the molecule is CCOC(=O)c1c(NC(=O)C(CC)Sc2cccc(NC(=O)/C(=C\c3ccc(OC)c(OC)c3)NC(=O)c3ccccc3)c2)sc2c1CCCCC2. The molecular weight excluding hydrogens is 699 g/mol. The van der Waals surface area contributed by atoms with Crippen molar-refractivity contribution in [1.82, 2.24) is 5.32 Å². The molecule has 0 radical (unpaired) electrons. The normalized spacial score (nSPS) is 13.2. The number of benzene rings is 3. The lowest BCUT2D eigenvalue weighted by atomic mass is 10.1. The number of ether oxygens (including phenoxy) is 3. The molecule has 272 valence electrons. The molecule has 0 saturated heterocycles. The molecular formula is C40H43N3O7S2. The topological polar surface area (TPSA) is 132 Å². The second kappa shape index (κ2) is 18.4. The molecule has 1 unspecified atom stereocenters. The Balaban J connectivity index is 1.34. The minimum absolute atomic E-state index is 0.0108. The first kappa shape index (κ1) is 38.2. The van der Waals surface area contributed by atoms with Crippen molar-refractivity contribution in [3.8, 4) is 11.5 Å². The highest BCUT2D eigenvalue weighted by atomic mass is 32.2. The first-order valence-corrected chi connectivity index (χ1v) is 18.9. The van der Waals surface area contributed by atoms with Crippen molar-refractivity contribution in [2.45, 2.75) is 62.5 Å². The second-order valence-corrected chi connectivity index (χ2v) is 14.3. The zero-order chi connectivity index (χ0) is 37.0. The zero-order valence-corrected chi connectivity index (χ0v) is 31.3. The smallest absolute Gasteiger partial charge is 0.341 e. The van der Waals surface area contributed by atoms with Gasteiger partial charge >= 0.3 is 5.97 Å². The van der Waals surface area contributed by atoms with Crippen molar-refractivity contribution in [3.63, 3.8) is 0 Å². The number of esters is 1. The van der Waals surface area contributed by atoms with E-state index in [9.17, 15) is 19.2 Å². The van der Waals surface area contributed by atoms with Gasteiger partial charge in [0.2, 0.25) is 5.91 Å². The molecule has 0 spiro atoms. The van der Waals surface area contributed by atoms with E-state index in [0.29, 0.717) is 45.3 Å². The Labute approximate surface area is 312 Å². The van der Waals surface area contributed by atoms with Crippen LogP contribution in [-0.2, 0) is 27.2 Å². The van der Waals surface area contributed by atoms with E-state index in [0.717, 1.165) is 47.4 Å². The summed E-state index contributed by atoms with van der Waals surface area (Å²) in [7, 11) is 3.05. The third kappa shape index (κ3) is 9.62. The van der Waals surface area contributed by atoms with Crippen LogP contribution < -0.4 is 25.4 Å². The number of thiophene rings is 1. The summed E-state index contributed by atoms with van der Waals surface area (Å²) in [5.41, 5.74) is 2.97. The molecule has 3 N–H and O–H groups in total. The van der Waals surface area contributed by atoms with E-state index in [1.165, 1.54) is 37.3 Å². The highest BCUT2D eigenvalue weighted by Crippen LogP contribution is 2.39. The van der Waals surface area contributed by atoms with Gasteiger partial charge in [-0.25, -0.2) is 4.79 Å². The number of amides is 3. The lowest BCUT2D eigenvalue weighted by Gasteiger charge is -2.16. The molecule has 10 nitrogen and oxygen atoms in total. The van der Waals surface area contributed by atoms with Crippen LogP contribution in [0.3, 0.4) is 0 Å². The molecule has 0 bridgehead atoms. The third-order valence-corrected chi connectivity index (χ3v) is 11.0. The van der Waals surface area contributed by atoms with Crippen LogP contribution in [0.4, 0.5) is 10.7 Å². The number of aryl methyl sites for hydroxylation is 1. The number of hydrogen-bond donors (Lipinski definition) is 3. The van der Waals surface area contributed by atoms with Gasteiger partial charge in [0.15, 0.2) is 11.5 Å². The minimum atomic E-state index is -0.546. The Morgan fingerprint density at radius 1 is 0.865 bits per heavy atom. The standard InChI is InChI=1S/C40H43N3O7S2/c1-5-33(38(46)43-39-35(40(47)50-6-2)29-18-11-8-12-19-34(29)52-39)51-28-17-13-16-27(24-28)41-37(45)30(42-36(44)26-14-9-7-10-15-26)22-25-20-21-31(48-3)32(23-25)49-4/h7,9-10,13-17,20-24,33H,5-6,8,11-12,18-19H2,1-4H3,(H,41,45)(H,42,44)(H,43,46)/b30-22+.